The van der Waals surface area contributed by atoms with Crippen molar-refractivity contribution < 1.29 is 29.4 Å². The summed E-state index contributed by atoms with van der Waals surface area (Å²) in [6, 6.07) is -2.52. The third-order valence-electron chi connectivity index (χ3n) is 3.28. The van der Waals surface area contributed by atoms with E-state index in [-0.39, 0.29) is 19.5 Å². The molecule has 3 unspecified atom stereocenters. The molecule has 9 N–H and O–H groups in total. The molecule has 11 heteroatoms. The average Bonchev–Trinajstić information content (AvgIpc) is 2.55. The van der Waals surface area contributed by atoms with Gasteiger partial charge in [-0.15, -0.1) is 0 Å². The van der Waals surface area contributed by atoms with Gasteiger partial charge in [0.15, 0.2) is 6.04 Å². The van der Waals surface area contributed by atoms with Crippen LogP contribution in [0.4, 0.5) is 0 Å². The zero-order valence-corrected chi connectivity index (χ0v) is 14.2. The minimum absolute atomic E-state index is 0.228. The number of carboxylic acid groups (broad SMARTS) is 1. The van der Waals surface area contributed by atoms with Crippen molar-refractivity contribution in [3.63, 3.8) is 0 Å². The lowest BCUT2D eigenvalue weighted by Crippen LogP contribution is -2.55. The van der Waals surface area contributed by atoms with E-state index in [2.05, 4.69) is 16.0 Å². The number of hydrogen-bond donors (Lipinski definition) is 7. The van der Waals surface area contributed by atoms with Crippen molar-refractivity contribution in [3.05, 3.63) is 0 Å². The highest BCUT2D eigenvalue weighted by molar-refractivity contribution is 5.92. The predicted molar refractivity (Wildman–Crippen MR) is 88.1 cm³/mol. The van der Waals surface area contributed by atoms with Crippen molar-refractivity contribution >= 4 is 23.7 Å². The molecule has 0 aliphatic rings. The molecule has 3 atom stereocenters. The summed E-state index contributed by atoms with van der Waals surface area (Å²) in [7, 11) is 0. The molecule has 11 nitrogen and oxygen atoms in total. The fourth-order valence-corrected chi connectivity index (χ4v) is 1.90. The van der Waals surface area contributed by atoms with Gasteiger partial charge in [0.2, 0.25) is 17.7 Å². The van der Waals surface area contributed by atoms with E-state index in [0.29, 0.717) is 19.4 Å². The van der Waals surface area contributed by atoms with Crippen molar-refractivity contribution in [3.8, 4) is 0 Å². The lowest BCUT2D eigenvalue weighted by Gasteiger charge is -2.22. The molecule has 0 saturated heterocycles. The summed E-state index contributed by atoms with van der Waals surface area (Å²) in [6.07, 6.45) is 0.0514. The SMILES string of the molecule is CC(O)C(NC(=O)C(CCCCN)NC(=O)CNC(=O)CN)C(=O)O. The van der Waals surface area contributed by atoms with Crippen LogP contribution in [0.1, 0.15) is 26.2 Å². The van der Waals surface area contributed by atoms with E-state index in [4.69, 9.17) is 16.6 Å². The summed E-state index contributed by atoms with van der Waals surface area (Å²) >= 11 is 0. The number of aliphatic hydroxyl groups excluding tert-OH is 1. The molecule has 0 aliphatic carbocycles. The van der Waals surface area contributed by atoms with Crippen molar-refractivity contribution in [2.24, 2.45) is 11.5 Å². The van der Waals surface area contributed by atoms with Gasteiger partial charge >= 0.3 is 5.97 Å². The van der Waals surface area contributed by atoms with E-state index in [1.165, 1.54) is 6.92 Å². The van der Waals surface area contributed by atoms with Gasteiger partial charge in [-0.25, -0.2) is 4.79 Å². The maximum absolute atomic E-state index is 12.2. The highest BCUT2D eigenvalue weighted by Crippen LogP contribution is 2.03. The van der Waals surface area contributed by atoms with Crippen LogP contribution in [0.5, 0.6) is 0 Å². The summed E-state index contributed by atoms with van der Waals surface area (Å²) in [6.45, 7) is 0.988. The molecule has 0 rings (SSSR count). The largest absolute Gasteiger partial charge is 0.480 e. The number of carboxylic acids is 1. The second-order valence-corrected chi connectivity index (χ2v) is 5.45. The quantitative estimate of drug-likeness (QED) is 0.175. The first kappa shape index (κ1) is 22.8. The van der Waals surface area contributed by atoms with Crippen molar-refractivity contribution in [1.82, 2.24) is 16.0 Å². The third-order valence-corrected chi connectivity index (χ3v) is 3.28. The first-order valence-electron chi connectivity index (χ1n) is 7.90. The summed E-state index contributed by atoms with van der Waals surface area (Å²) in [5.41, 5.74) is 10.5. The average molecular weight is 361 g/mol. The van der Waals surface area contributed by atoms with Crippen LogP contribution in [0.15, 0.2) is 0 Å². The number of nitrogens with one attached hydrogen (secondary N) is 3. The van der Waals surface area contributed by atoms with Crippen LogP contribution in [0, 0.1) is 0 Å². The lowest BCUT2D eigenvalue weighted by atomic mass is 10.1. The van der Waals surface area contributed by atoms with E-state index in [1.807, 2.05) is 0 Å². The van der Waals surface area contributed by atoms with Gasteiger partial charge in [-0.2, -0.15) is 0 Å². The van der Waals surface area contributed by atoms with Crippen LogP contribution in [0.3, 0.4) is 0 Å². The Hall–Kier alpha value is -2.24. The Morgan fingerprint density at radius 1 is 1.04 bits per heavy atom. The Morgan fingerprint density at radius 2 is 1.68 bits per heavy atom. The topological polar surface area (TPSA) is 197 Å². The molecule has 0 fully saturated rings. The maximum Gasteiger partial charge on any atom is 0.328 e. The summed E-state index contributed by atoms with van der Waals surface area (Å²) < 4.78 is 0. The highest BCUT2D eigenvalue weighted by atomic mass is 16.4. The number of unbranched alkanes of at least 4 members (excludes halogenated alkanes) is 1. The van der Waals surface area contributed by atoms with Gasteiger partial charge < -0.3 is 37.6 Å². The molecule has 144 valence electrons. The standard InChI is InChI=1S/C14H27N5O6/c1-8(20)12(14(24)25)19-13(23)9(4-2-3-5-15)18-11(22)7-17-10(21)6-16/h8-9,12,20H,2-7,15-16H2,1H3,(H,17,21)(H,18,22)(H,19,23)(H,24,25). The van der Waals surface area contributed by atoms with Gasteiger partial charge in [0, 0.05) is 0 Å². The molecule has 0 radical (unpaired) electrons. The van der Waals surface area contributed by atoms with Gasteiger partial charge in [0.05, 0.1) is 19.2 Å². The van der Waals surface area contributed by atoms with Crippen molar-refractivity contribution in [2.75, 3.05) is 19.6 Å². The van der Waals surface area contributed by atoms with Gasteiger partial charge in [-0.05, 0) is 32.7 Å². The van der Waals surface area contributed by atoms with E-state index < -0.39 is 41.9 Å². The fourth-order valence-electron chi connectivity index (χ4n) is 1.90. The van der Waals surface area contributed by atoms with Crippen LogP contribution in [-0.2, 0) is 19.2 Å². The van der Waals surface area contributed by atoms with Gasteiger partial charge in [-0.1, -0.05) is 0 Å². The highest BCUT2D eigenvalue weighted by Gasteiger charge is 2.29. The fraction of sp³-hybridized carbons (Fsp3) is 0.714. The van der Waals surface area contributed by atoms with E-state index in [9.17, 15) is 24.3 Å². The van der Waals surface area contributed by atoms with Crippen molar-refractivity contribution in [1.29, 1.82) is 0 Å². The second kappa shape index (κ2) is 12.2. The number of hydrogen-bond acceptors (Lipinski definition) is 7. The minimum Gasteiger partial charge on any atom is -0.480 e. The number of nitrogens with two attached hydrogens (primary N) is 2. The van der Waals surface area contributed by atoms with Gasteiger partial charge in [0.1, 0.15) is 6.04 Å². The number of rotatable bonds is 12. The van der Waals surface area contributed by atoms with Crippen LogP contribution in [0.2, 0.25) is 0 Å². The number of aliphatic carboxylic acids is 1. The number of carbonyl (C=O) groups excluding carboxylic acids is 3. The molecule has 0 saturated carbocycles. The Morgan fingerprint density at radius 3 is 2.16 bits per heavy atom. The molecular formula is C14H27N5O6. The molecule has 0 aliphatic heterocycles. The van der Waals surface area contributed by atoms with Crippen LogP contribution >= 0.6 is 0 Å². The Balaban J connectivity index is 4.83. The molecule has 0 spiro atoms. The molecule has 0 aromatic heterocycles. The molecule has 0 aromatic carbocycles. The van der Waals surface area contributed by atoms with E-state index in [1.54, 1.807) is 0 Å². The van der Waals surface area contributed by atoms with Gasteiger partial charge in [-0.3, -0.25) is 14.4 Å². The maximum atomic E-state index is 12.2. The van der Waals surface area contributed by atoms with Crippen molar-refractivity contribution in [2.45, 2.75) is 44.4 Å². The van der Waals surface area contributed by atoms with Crippen LogP contribution in [-0.4, -0.2) is 71.7 Å². The van der Waals surface area contributed by atoms with E-state index >= 15 is 0 Å². The number of aliphatic hydroxyl groups is 1. The summed E-state index contributed by atoms with van der Waals surface area (Å²) in [4.78, 5) is 46.2. The second-order valence-electron chi connectivity index (χ2n) is 5.45. The van der Waals surface area contributed by atoms with Gasteiger partial charge in [0.25, 0.3) is 0 Å². The normalized spacial score (nSPS) is 14.1. The summed E-state index contributed by atoms with van der Waals surface area (Å²) in [5, 5.41) is 25.3. The number of carbonyl (C=O) groups is 4. The third kappa shape index (κ3) is 9.59. The van der Waals surface area contributed by atoms with Crippen LogP contribution in [0.25, 0.3) is 0 Å². The lowest BCUT2D eigenvalue weighted by molar-refractivity contribution is -0.145. The molecule has 0 heterocycles. The number of amides is 3. The molecule has 0 aromatic rings. The summed E-state index contributed by atoms with van der Waals surface area (Å²) in [5.74, 6) is -3.30. The smallest absolute Gasteiger partial charge is 0.328 e. The Bertz CT molecular complexity index is 471. The predicted octanol–water partition coefficient (Wildman–Crippen LogP) is -3.37. The minimum atomic E-state index is -1.50. The first-order valence-corrected chi connectivity index (χ1v) is 7.90. The first-order chi connectivity index (χ1) is 11.7. The molecule has 0 bridgehead atoms. The Kier molecular flexibility index (Phi) is 11.1. The molecule has 25 heavy (non-hydrogen) atoms. The zero-order chi connectivity index (χ0) is 19.4. The molecular weight excluding hydrogens is 334 g/mol. The monoisotopic (exact) mass is 361 g/mol. The Labute approximate surface area is 145 Å². The molecule has 3 amide bonds. The zero-order valence-electron chi connectivity index (χ0n) is 14.2. The van der Waals surface area contributed by atoms with Crippen LogP contribution < -0.4 is 27.4 Å². The van der Waals surface area contributed by atoms with E-state index in [0.717, 1.165) is 0 Å².